The lowest BCUT2D eigenvalue weighted by molar-refractivity contribution is -0.127. The summed E-state index contributed by atoms with van der Waals surface area (Å²) >= 11 is 1.45. The second kappa shape index (κ2) is 4.65. The number of hydrogen-bond donors (Lipinski definition) is 0. The molecule has 1 aliphatic rings. The second-order valence-corrected chi connectivity index (χ2v) is 4.54. The molecule has 0 spiro atoms. The number of hydrogen-bond acceptors (Lipinski definition) is 4. The van der Waals surface area contributed by atoms with Crippen molar-refractivity contribution in [1.29, 1.82) is 0 Å². The van der Waals surface area contributed by atoms with Gasteiger partial charge in [0, 0.05) is 20.1 Å². The highest BCUT2D eigenvalue weighted by Gasteiger charge is 2.18. The maximum atomic E-state index is 11.7. The minimum absolute atomic E-state index is 0.209. The van der Waals surface area contributed by atoms with Gasteiger partial charge in [0.1, 0.15) is 6.33 Å². The Labute approximate surface area is 92.9 Å². The van der Waals surface area contributed by atoms with Gasteiger partial charge in [-0.05, 0) is 12.8 Å². The normalized spacial score (nSPS) is 15.9. The molecule has 0 saturated carbocycles. The number of aromatic nitrogens is 3. The monoisotopic (exact) mass is 226 g/mol. The van der Waals surface area contributed by atoms with E-state index in [1.807, 2.05) is 16.5 Å². The molecule has 0 aromatic carbocycles. The lowest BCUT2D eigenvalue weighted by atomic mass is 10.4. The van der Waals surface area contributed by atoms with Crippen molar-refractivity contribution in [2.45, 2.75) is 18.0 Å². The standard InChI is InChI=1S/C9H14N4OS/c1-12-7-10-11-9(12)15-6-8(14)13-4-2-3-5-13/h7H,2-6H2,1H3. The number of rotatable bonds is 3. The molecule has 0 N–H and O–H groups in total. The fraction of sp³-hybridized carbons (Fsp3) is 0.667. The number of carbonyl (C=O) groups is 1. The molecule has 0 unspecified atom stereocenters. The van der Waals surface area contributed by atoms with E-state index in [2.05, 4.69) is 10.2 Å². The minimum Gasteiger partial charge on any atom is -0.342 e. The summed E-state index contributed by atoms with van der Waals surface area (Å²) in [5.74, 6) is 0.674. The maximum absolute atomic E-state index is 11.7. The molecule has 2 heterocycles. The van der Waals surface area contributed by atoms with Crippen molar-refractivity contribution in [1.82, 2.24) is 19.7 Å². The molecule has 6 heteroatoms. The average Bonchev–Trinajstić information content (AvgIpc) is 2.85. The van der Waals surface area contributed by atoms with Gasteiger partial charge in [-0.15, -0.1) is 10.2 Å². The summed E-state index contributed by atoms with van der Waals surface area (Å²) in [7, 11) is 1.88. The third-order valence-electron chi connectivity index (χ3n) is 2.45. The lowest BCUT2D eigenvalue weighted by Crippen LogP contribution is -2.29. The number of nitrogens with zero attached hydrogens (tertiary/aromatic N) is 4. The number of amides is 1. The Balaban J connectivity index is 1.83. The summed E-state index contributed by atoms with van der Waals surface area (Å²) in [4.78, 5) is 13.6. The molecule has 2 rings (SSSR count). The SMILES string of the molecule is Cn1cnnc1SCC(=O)N1CCCC1. The molecule has 15 heavy (non-hydrogen) atoms. The number of aryl methyl sites for hydroxylation is 1. The van der Waals surface area contributed by atoms with E-state index in [4.69, 9.17) is 0 Å². The molecular weight excluding hydrogens is 212 g/mol. The number of thioether (sulfide) groups is 1. The Morgan fingerprint density at radius 1 is 1.53 bits per heavy atom. The first-order valence-corrected chi connectivity index (χ1v) is 6.00. The Hall–Kier alpha value is -1.04. The van der Waals surface area contributed by atoms with E-state index in [-0.39, 0.29) is 5.91 Å². The van der Waals surface area contributed by atoms with E-state index in [0.717, 1.165) is 31.1 Å². The van der Waals surface area contributed by atoms with Crippen LogP contribution < -0.4 is 0 Å². The highest BCUT2D eigenvalue weighted by atomic mass is 32.2. The maximum Gasteiger partial charge on any atom is 0.233 e. The summed E-state index contributed by atoms with van der Waals surface area (Å²) < 4.78 is 1.82. The Morgan fingerprint density at radius 3 is 2.87 bits per heavy atom. The van der Waals surface area contributed by atoms with Gasteiger partial charge >= 0.3 is 0 Å². The van der Waals surface area contributed by atoms with E-state index < -0.39 is 0 Å². The van der Waals surface area contributed by atoms with E-state index in [0.29, 0.717) is 5.75 Å². The molecule has 1 aromatic rings. The first-order valence-electron chi connectivity index (χ1n) is 5.02. The fourth-order valence-electron chi connectivity index (χ4n) is 1.59. The summed E-state index contributed by atoms with van der Waals surface area (Å²) in [6.45, 7) is 1.83. The second-order valence-electron chi connectivity index (χ2n) is 3.60. The largest absolute Gasteiger partial charge is 0.342 e. The zero-order valence-electron chi connectivity index (χ0n) is 8.72. The lowest BCUT2D eigenvalue weighted by Gasteiger charge is -2.14. The van der Waals surface area contributed by atoms with Crippen LogP contribution in [0.4, 0.5) is 0 Å². The van der Waals surface area contributed by atoms with Gasteiger partial charge in [0.15, 0.2) is 5.16 Å². The van der Waals surface area contributed by atoms with Crippen LogP contribution in [0.2, 0.25) is 0 Å². The zero-order valence-corrected chi connectivity index (χ0v) is 9.53. The molecule has 1 fully saturated rings. The van der Waals surface area contributed by atoms with Crippen molar-refractivity contribution in [3.63, 3.8) is 0 Å². The smallest absolute Gasteiger partial charge is 0.233 e. The number of likely N-dealkylation sites (tertiary alicyclic amines) is 1. The third kappa shape index (κ3) is 2.50. The molecule has 1 aliphatic heterocycles. The quantitative estimate of drug-likeness (QED) is 0.705. The average molecular weight is 226 g/mol. The van der Waals surface area contributed by atoms with Crippen LogP contribution >= 0.6 is 11.8 Å². The zero-order chi connectivity index (χ0) is 10.7. The summed E-state index contributed by atoms with van der Waals surface area (Å²) in [5, 5.41) is 8.48. The van der Waals surface area contributed by atoms with Crippen LogP contribution in [0.15, 0.2) is 11.5 Å². The first-order chi connectivity index (χ1) is 7.27. The van der Waals surface area contributed by atoms with Crippen molar-refractivity contribution in [3.8, 4) is 0 Å². The summed E-state index contributed by atoms with van der Waals surface area (Å²) in [6, 6.07) is 0. The van der Waals surface area contributed by atoms with Gasteiger partial charge in [-0.25, -0.2) is 0 Å². The molecule has 0 bridgehead atoms. The van der Waals surface area contributed by atoms with Crippen molar-refractivity contribution in [2.75, 3.05) is 18.8 Å². The molecule has 0 aliphatic carbocycles. The number of carbonyl (C=O) groups excluding carboxylic acids is 1. The molecule has 5 nitrogen and oxygen atoms in total. The molecule has 1 saturated heterocycles. The van der Waals surface area contributed by atoms with Crippen LogP contribution in [0.25, 0.3) is 0 Å². The Kier molecular flexibility index (Phi) is 3.25. The van der Waals surface area contributed by atoms with Crippen molar-refractivity contribution in [3.05, 3.63) is 6.33 Å². The van der Waals surface area contributed by atoms with Crippen LogP contribution in [0.3, 0.4) is 0 Å². The minimum atomic E-state index is 0.209. The van der Waals surface area contributed by atoms with Crippen molar-refractivity contribution in [2.24, 2.45) is 7.05 Å². The highest BCUT2D eigenvalue weighted by Crippen LogP contribution is 2.16. The molecule has 0 radical (unpaired) electrons. The highest BCUT2D eigenvalue weighted by molar-refractivity contribution is 7.99. The van der Waals surface area contributed by atoms with E-state index in [1.54, 1.807) is 6.33 Å². The van der Waals surface area contributed by atoms with Crippen LogP contribution in [0.1, 0.15) is 12.8 Å². The van der Waals surface area contributed by atoms with E-state index in [1.165, 1.54) is 11.8 Å². The van der Waals surface area contributed by atoms with Crippen LogP contribution in [0.5, 0.6) is 0 Å². The van der Waals surface area contributed by atoms with Crippen molar-refractivity contribution < 1.29 is 4.79 Å². The van der Waals surface area contributed by atoms with Crippen LogP contribution in [-0.2, 0) is 11.8 Å². The van der Waals surface area contributed by atoms with Gasteiger partial charge in [0.05, 0.1) is 5.75 Å². The van der Waals surface area contributed by atoms with Gasteiger partial charge in [-0.3, -0.25) is 4.79 Å². The molecule has 1 amide bonds. The van der Waals surface area contributed by atoms with Crippen LogP contribution in [0, 0.1) is 0 Å². The fourth-order valence-corrected chi connectivity index (χ4v) is 2.38. The molecule has 0 atom stereocenters. The van der Waals surface area contributed by atoms with E-state index >= 15 is 0 Å². The Morgan fingerprint density at radius 2 is 2.27 bits per heavy atom. The van der Waals surface area contributed by atoms with Gasteiger partial charge < -0.3 is 9.47 Å². The molecule has 1 aromatic heterocycles. The topological polar surface area (TPSA) is 51.0 Å². The van der Waals surface area contributed by atoms with Gasteiger partial charge in [-0.2, -0.15) is 0 Å². The van der Waals surface area contributed by atoms with Gasteiger partial charge in [0.2, 0.25) is 5.91 Å². The van der Waals surface area contributed by atoms with E-state index in [9.17, 15) is 4.79 Å². The third-order valence-corrected chi connectivity index (χ3v) is 3.47. The predicted octanol–water partition coefficient (Wildman–Crippen LogP) is 0.530. The van der Waals surface area contributed by atoms with Gasteiger partial charge in [0.25, 0.3) is 0 Å². The first kappa shape index (κ1) is 10.5. The summed E-state index contributed by atoms with van der Waals surface area (Å²) in [6.07, 6.45) is 3.92. The predicted molar refractivity (Wildman–Crippen MR) is 57.5 cm³/mol. The Bertz CT molecular complexity index is 346. The molecule has 82 valence electrons. The van der Waals surface area contributed by atoms with Gasteiger partial charge in [-0.1, -0.05) is 11.8 Å². The van der Waals surface area contributed by atoms with Crippen LogP contribution in [-0.4, -0.2) is 44.4 Å². The summed E-state index contributed by atoms with van der Waals surface area (Å²) in [5.41, 5.74) is 0. The van der Waals surface area contributed by atoms with Crippen molar-refractivity contribution >= 4 is 17.7 Å². The molecular formula is C9H14N4OS.